The van der Waals surface area contributed by atoms with Crippen molar-refractivity contribution in [2.24, 2.45) is 0 Å². The van der Waals surface area contributed by atoms with Gasteiger partial charge in [-0.15, -0.1) is 0 Å². The van der Waals surface area contributed by atoms with Crippen LogP contribution >= 0.6 is 0 Å². The van der Waals surface area contributed by atoms with Gasteiger partial charge in [0, 0.05) is 12.7 Å². The van der Waals surface area contributed by atoms with Crippen LogP contribution in [0.4, 0.5) is 5.69 Å². The molecule has 1 aromatic carbocycles. The summed E-state index contributed by atoms with van der Waals surface area (Å²) < 4.78 is 23.3. The molecule has 0 aliphatic carbocycles. The van der Waals surface area contributed by atoms with Gasteiger partial charge < -0.3 is 4.90 Å². The molecule has 0 bridgehead atoms. The molecule has 1 aliphatic rings. The van der Waals surface area contributed by atoms with Crippen LogP contribution in [0.15, 0.2) is 23.1 Å². The molecule has 0 spiro atoms. The molecule has 1 heterocycles. The van der Waals surface area contributed by atoms with Gasteiger partial charge in [-0.2, -0.15) is 0 Å². The zero-order valence-electron chi connectivity index (χ0n) is 9.43. The molecular formula is C10H12N2O4S. The molecule has 2 rings (SSSR count). The van der Waals surface area contributed by atoms with Gasteiger partial charge in [-0.25, -0.2) is 8.42 Å². The number of rotatable bonds is 3. The van der Waals surface area contributed by atoms with E-state index in [1.165, 1.54) is 24.1 Å². The first-order chi connectivity index (χ1) is 7.95. The molecule has 17 heavy (non-hydrogen) atoms. The van der Waals surface area contributed by atoms with Gasteiger partial charge in [0.05, 0.1) is 18.4 Å². The Bertz CT molecular complexity index is 568. The Balaban J connectivity index is 2.44. The first kappa shape index (κ1) is 12.0. The van der Waals surface area contributed by atoms with Gasteiger partial charge in [0.25, 0.3) is 10.0 Å². The van der Waals surface area contributed by atoms with Gasteiger partial charge in [-0.05, 0) is 23.8 Å². The predicted molar refractivity (Wildman–Crippen MR) is 60.9 cm³/mol. The van der Waals surface area contributed by atoms with E-state index in [9.17, 15) is 13.2 Å². The van der Waals surface area contributed by atoms with Crippen molar-refractivity contribution in [1.29, 1.82) is 0 Å². The highest BCUT2D eigenvalue weighted by Gasteiger charge is 2.26. The standard InChI is InChI=1S/C10H12N2O4S/c1-12-9-4-3-8(17(14,15)11-16-2)5-7(9)6-10(12)13/h3-5,11H,6H2,1-2H3. The number of hydrogen-bond donors (Lipinski definition) is 1. The average Bonchev–Trinajstić information content (AvgIpc) is 2.54. The van der Waals surface area contributed by atoms with Gasteiger partial charge in [0.1, 0.15) is 0 Å². The van der Waals surface area contributed by atoms with Crippen molar-refractivity contribution in [1.82, 2.24) is 4.89 Å². The molecule has 0 radical (unpaired) electrons. The molecule has 0 atom stereocenters. The van der Waals surface area contributed by atoms with Crippen molar-refractivity contribution in [2.45, 2.75) is 11.3 Å². The smallest absolute Gasteiger partial charge is 0.262 e. The summed E-state index contributed by atoms with van der Waals surface area (Å²) in [5.74, 6) is -0.0470. The topological polar surface area (TPSA) is 75.7 Å². The number of nitrogens with zero attached hydrogens (tertiary/aromatic N) is 1. The first-order valence-electron chi connectivity index (χ1n) is 4.90. The highest BCUT2D eigenvalue weighted by molar-refractivity contribution is 7.89. The van der Waals surface area contributed by atoms with Crippen LogP contribution in [0.3, 0.4) is 0 Å². The van der Waals surface area contributed by atoms with Gasteiger partial charge in [-0.1, -0.05) is 4.89 Å². The Morgan fingerprint density at radius 3 is 2.76 bits per heavy atom. The highest BCUT2D eigenvalue weighted by Crippen LogP contribution is 2.29. The second kappa shape index (κ2) is 4.10. The van der Waals surface area contributed by atoms with Gasteiger partial charge in [0.2, 0.25) is 5.91 Å². The predicted octanol–water partition coefficient (Wildman–Crippen LogP) is 0.0452. The van der Waals surface area contributed by atoms with E-state index < -0.39 is 10.0 Å². The Morgan fingerprint density at radius 2 is 2.12 bits per heavy atom. The van der Waals surface area contributed by atoms with Crippen LogP contribution < -0.4 is 9.79 Å². The van der Waals surface area contributed by atoms with E-state index in [4.69, 9.17) is 0 Å². The molecule has 0 saturated carbocycles. The number of carbonyl (C=O) groups excluding carboxylic acids is 1. The molecule has 7 heteroatoms. The maximum Gasteiger partial charge on any atom is 0.262 e. The Labute approximate surface area is 99.2 Å². The van der Waals surface area contributed by atoms with E-state index in [0.29, 0.717) is 5.56 Å². The molecule has 1 N–H and O–H groups in total. The number of sulfonamides is 1. The number of carbonyl (C=O) groups is 1. The lowest BCUT2D eigenvalue weighted by atomic mass is 10.2. The first-order valence-corrected chi connectivity index (χ1v) is 6.38. The molecular weight excluding hydrogens is 244 g/mol. The number of benzene rings is 1. The highest BCUT2D eigenvalue weighted by atomic mass is 32.2. The summed E-state index contributed by atoms with van der Waals surface area (Å²) in [4.78, 5) is 19.4. The lowest BCUT2D eigenvalue weighted by Gasteiger charge is -2.10. The normalized spacial score (nSPS) is 15.2. The Kier molecular flexibility index (Phi) is 2.90. The number of hydrogen-bond acceptors (Lipinski definition) is 4. The van der Waals surface area contributed by atoms with Crippen LogP contribution in [-0.2, 0) is 26.1 Å². The molecule has 6 nitrogen and oxygen atoms in total. The number of fused-ring (bicyclic) bond motifs is 1. The molecule has 0 aromatic heterocycles. The quantitative estimate of drug-likeness (QED) is 0.775. The molecule has 1 amide bonds. The van der Waals surface area contributed by atoms with Crippen LogP contribution in [0.25, 0.3) is 0 Å². The molecule has 1 aromatic rings. The van der Waals surface area contributed by atoms with Crippen LogP contribution in [0.2, 0.25) is 0 Å². The van der Waals surface area contributed by atoms with E-state index in [0.717, 1.165) is 5.69 Å². The number of amides is 1. The van der Waals surface area contributed by atoms with E-state index in [-0.39, 0.29) is 17.2 Å². The minimum absolute atomic E-state index is 0.0470. The van der Waals surface area contributed by atoms with Crippen molar-refractivity contribution >= 4 is 21.6 Å². The van der Waals surface area contributed by atoms with E-state index in [2.05, 4.69) is 4.84 Å². The van der Waals surface area contributed by atoms with Gasteiger partial charge in [0.15, 0.2) is 0 Å². The zero-order chi connectivity index (χ0) is 12.6. The molecule has 0 fully saturated rings. The number of anilines is 1. The SMILES string of the molecule is CONS(=O)(=O)c1ccc2c(c1)CC(=O)N2C. The largest absolute Gasteiger partial charge is 0.315 e. The third kappa shape index (κ3) is 2.04. The van der Waals surface area contributed by atoms with Crippen LogP contribution in [-0.4, -0.2) is 28.5 Å². The fourth-order valence-electron chi connectivity index (χ4n) is 1.77. The van der Waals surface area contributed by atoms with Gasteiger partial charge in [-0.3, -0.25) is 9.63 Å². The summed E-state index contributed by atoms with van der Waals surface area (Å²) in [5, 5.41) is 0. The summed E-state index contributed by atoms with van der Waals surface area (Å²) in [6.45, 7) is 0. The molecule has 0 saturated heterocycles. The van der Waals surface area contributed by atoms with E-state index >= 15 is 0 Å². The fraction of sp³-hybridized carbons (Fsp3) is 0.300. The number of likely N-dealkylation sites (N-methyl/N-ethyl adjacent to an activating group) is 1. The van der Waals surface area contributed by atoms with Crippen molar-refractivity contribution in [3.63, 3.8) is 0 Å². The number of nitrogens with one attached hydrogen (secondary N) is 1. The summed E-state index contributed by atoms with van der Waals surface area (Å²) in [7, 11) is -0.782. The second-order valence-corrected chi connectivity index (χ2v) is 5.36. The summed E-state index contributed by atoms with van der Waals surface area (Å²) in [6, 6.07) is 4.54. The van der Waals surface area contributed by atoms with Crippen molar-refractivity contribution in [3.05, 3.63) is 23.8 Å². The second-order valence-electron chi connectivity index (χ2n) is 3.71. The van der Waals surface area contributed by atoms with Crippen molar-refractivity contribution in [3.8, 4) is 0 Å². The van der Waals surface area contributed by atoms with E-state index in [1.807, 2.05) is 4.89 Å². The lowest BCUT2D eigenvalue weighted by Crippen LogP contribution is -2.22. The summed E-state index contributed by atoms with van der Waals surface area (Å²) >= 11 is 0. The Hall–Kier alpha value is -1.44. The maximum atomic E-state index is 11.7. The minimum Gasteiger partial charge on any atom is -0.315 e. The maximum absolute atomic E-state index is 11.7. The average molecular weight is 256 g/mol. The van der Waals surface area contributed by atoms with Crippen LogP contribution in [0.5, 0.6) is 0 Å². The lowest BCUT2D eigenvalue weighted by molar-refractivity contribution is -0.117. The fourth-order valence-corrected chi connectivity index (χ4v) is 2.63. The van der Waals surface area contributed by atoms with Gasteiger partial charge >= 0.3 is 0 Å². The Morgan fingerprint density at radius 1 is 1.41 bits per heavy atom. The zero-order valence-corrected chi connectivity index (χ0v) is 10.2. The molecule has 92 valence electrons. The van der Waals surface area contributed by atoms with Crippen LogP contribution in [0.1, 0.15) is 5.56 Å². The third-order valence-electron chi connectivity index (χ3n) is 2.63. The van der Waals surface area contributed by atoms with Crippen molar-refractivity contribution in [2.75, 3.05) is 19.1 Å². The minimum atomic E-state index is -3.67. The van der Waals surface area contributed by atoms with Crippen molar-refractivity contribution < 1.29 is 18.0 Å². The van der Waals surface area contributed by atoms with E-state index in [1.54, 1.807) is 13.1 Å². The molecule has 0 unspecified atom stereocenters. The summed E-state index contributed by atoms with van der Waals surface area (Å²) in [5.41, 5.74) is 1.45. The summed E-state index contributed by atoms with van der Waals surface area (Å²) in [6.07, 6.45) is 0.224. The van der Waals surface area contributed by atoms with Crippen LogP contribution in [0, 0.1) is 0 Å². The monoisotopic (exact) mass is 256 g/mol. The molecule has 1 aliphatic heterocycles. The third-order valence-corrected chi connectivity index (χ3v) is 3.89.